The molecule has 0 aromatic heterocycles. The van der Waals surface area contributed by atoms with E-state index in [-0.39, 0.29) is 5.56 Å². The fraction of sp³-hybridized carbons (Fsp3) is 0.500. The van der Waals surface area contributed by atoms with E-state index in [0.717, 1.165) is 5.56 Å². The van der Waals surface area contributed by atoms with Crippen molar-refractivity contribution in [2.75, 3.05) is 0 Å². The molecule has 0 fully saturated rings. The van der Waals surface area contributed by atoms with E-state index in [1.165, 1.54) is 6.07 Å². The summed E-state index contributed by atoms with van der Waals surface area (Å²) in [7, 11) is 0. The first kappa shape index (κ1) is 13.1. The van der Waals surface area contributed by atoms with Gasteiger partial charge in [-0.1, -0.05) is 45.9 Å². The lowest BCUT2D eigenvalue weighted by atomic mass is 10.0. The van der Waals surface area contributed by atoms with E-state index in [4.69, 9.17) is 0 Å². The first-order valence-corrected chi connectivity index (χ1v) is 4.99. The molecule has 0 saturated heterocycles. The highest BCUT2D eigenvalue weighted by Gasteiger charge is 2.07. The normalized spacial score (nSPS) is 10.0. The monoisotopic (exact) mass is 200 g/mol. The molecule has 0 spiro atoms. The van der Waals surface area contributed by atoms with Gasteiger partial charge in [-0.2, -0.15) is 0 Å². The highest BCUT2D eigenvalue weighted by atomic mass is 19.3. The molecule has 0 unspecified atom stereocenters. The van der Waals surface area contributed by atoms with Crippen LogP contribution >= 0.6 is 0 Å². The number of halogens is 2. The Morgan fingerprint density at radius 1 is 1.00 bits per heavy atom. The van der Waals surface area contributed by atoms with Gasteiger partial charge in [-0.15, -0.1) is 0 Å². The minimum Gasteiger partial charge on any atom is -0.205 e. The van der Waals surface area contributed by atoms with Crippen molar-refractivity contribution in [2.45, 2.75) is 40.0 Å². The molecule has 0 aliphatic rings. The molecule has 0 bridgehead atoms. The third-order valence-corrected chi connectivity index (χ3v) is 1.83. The zero-order chi connectivity index (χ0) is 11.1. The molecule has 0 N–H and O–H groups in total. The Kier molecular flexibility index (Phi) is 6.09. The summed E-state index contributed by atoms with van der Waals surface area (Å²) in [5.74, 6) is 0.309. The summed E-state index contributed by atoms with van der Waals surface area (Å²) in [6, 6.07) is 6.57. The van der Waals surface area contributed by atoms with Gasteiger partial charge in [-0.3, -0.25) is 0 Å². The van der Waals surface area contributed by atoms with E-state index in [1.54, 1.807) is 12.1 Å². The minimum atomic E-state index is -2.36. The van der Waals surface area contributed by atoms with Crippen LogP contribution in [-0.2, 0) is 0 Å². The maximum Gasteiger partial charge on any atom is 0.263 e. The Hall–Kier alpha value is -0.920. The van der Waals surface area contributed by atoms with Crippen LogP contribution in [0.4, 0.5) is 8.78 Å². The van der Waals surface area contributed by atoms with Gasteiger partial charge >= 0.3 is 0 Å². The predicted molar refractivity (Wildman–Crippen MR) is 56.8 cm³/mol. The predicted octanol–water partition coefficient (Wildman–Crippen LogP) is 4.77. The molecule has 0 aliphatic heterocycles. The van der Waals surface area contributed by atoms with Crippen LogP contribution in [0.3, 0.4) is 0 Å². The van der Waals surface area contributed by atoms with Crippen LogP contribution in [0.5, 0.6) is 0 Å². The average molecular weight is 200 g/mol. The Labute approximate surface area is 85.0 Å². The minimum absolute atomic E-state index is 0.112. The SMILES string of the molecule is CC.CC(C)c1cccc(C(F)F)c1. The third-order valence-electron chi connectivity index (χ3n) is 1.83. The maximum absolute atomic E-state index is 12.2. The lowest BCUT2D eigenvalue weighted by Gasteiger charge is -2.06. The third kappa shape index (κ3) is 3.86. The summed E-state index contributed by atoms with van der Waals surface area (Å²) in [6.07, 6.45) is -2.36. The summed E-state index contributed by atoms with van der Waals surface area (Å²) in [6.45, 7) is 7.98. The zero-order valence-electron chi connectivity index (χ0n) is 9.22. The molecular formula is C12H18F2. The Morgan fingerprint density at radius 2 is 1.50 bits per heavy atom. The van der Waals surface area contributed by atoms with Gasteiger partial charge in [0.15, 0.2) is 0 Å². The van der Waals surface area contributed by atoms with Crippen molar-refractivity contribution in [2.24, 2.45) is 0 Å². The van der Waals surface area contributed by atoms with Crippen LogP contribution in [-0.4, -0.2) is 0 Å². The summed E-state index contributed by atoms with van der Waals surface area (Å²) in [5, 5.41) is 0. The Bertz CT molecular complexity index is 231. The van der Waals surface area contributed by atoms with Gasteiger partial charge < -0.3 is 0 Å². The molecule has 0 heterocycles. The van der Waals surface area contributed by atoms with E-state index in [9.17, 15) is 8.78 Å². The van der Waals surface area contributed by atoms with Crippen LogP contribution < -0.4 is 0 Å². The van der Waals surface area contributed by atoms with E-state index in [0.29, 0.717) is 5.92 Å². The second-order valence-corrected chi connectivity index (χ2v) is 3.13. The molecule has 1 aromatic carbocycles. The van der Waals surface area contributed by atoms with Crippen LogP contribution in [0.1, 0.15) is 51.2 Å². The van der Waals surface area contributed by atoms with Crippen molar-refractivity contribution < 1.29 is 8.78 Å². The van der Waals surface area contributed by atoms with Crippen molar-refractivity contribution in [1.82, 2.24) is 0 Å². The van der Waals surface area contributed by atoms with Gasteiger partial charge in [0.1, 0.15) is 0 Å². The first-order chi connectivity index (χ1) is 6.61. The topological polar surface area (TPSA) is 0 Å². The van der Waals surface area contributed by atoms with Crippen LogP contribution in [0.2, 0.25) is 0 Å². The van der Waals surface area contributed by atoms with Crippen molar-refractivity contribution in [1.29, 1.82) is 0 Å². The van der Waals surface area contributed by atoms with Crippen molar-refractivity contribution in [3.63, 3.8) is 0 Å². The summed E-state index contributed by atoms with van der Waals surface area (Å²) >= 11 is 0. The maximum atomic E-state index is 12.2. The van der Waals surface area contributed by atoms with E-state index in [1.807, 2.05) is 33.8 Å². The standard InChI is InChI=1S/C10H12F2.C2H6/c1-7(2)8-4-3-5-9(6-8)10(11)12;1-2/h3-7,10H,1-2H3;1-2H3. The van der Waals surface area contributed by atoms with Gasteiger partial charge in [-0.25, -0.2) is 8.78 Å². The van der Waals surface area contributed by atoms with E-state index in [2.05, 4.69) is 0 Å². The van der Waals surface area contributed by atoms with Gasteiger partial charge in [0.2, 0.25) is 0 Å². The van der Waals surface area contributed by atoms with E-state index >= 15 is 0 Å². The highest BCUT2D eigenvalue weighted by Crippen LogP contribution is 2.22. The lowest BCUT2D eigenvalue weighted by molar-refractivity contribution is 0.151. The van der Waals surface area contributed by atoms with E-state index < -0.39 is 6.43 Å². The summed E-state index contributed by atoms with van der Waals surface area (Å²) < 4.78 is 24.4. The fourth-order valence-corrected chi connectivity index (χ4v) is 1.05. The van der Waals surface area contributed by atoms with Gasteiger partial charge in [0, 0.05) is 5.56 Å². The first-order valence-electron chi connectivity index (χ1n) is 4.99. The number of hydrogen-bond donors (Lipinski definition) is 0. The molecule has 0 atom stereocenters. The van der Waals surface area contributed by atoms with Crippen LogP contribution in [0.25, 0.3) is 0 Å². The molecular weight excluding hydrogens is 182 g/mol. The molecule has 2 heteroatoms. The number of rotatable bonds is 2. The smallest absolute Gasteiger partial charge is 0.205 e. The van der Waals surface area contributed by atoms with Crippen molar-refractivity contribution in [3.05, 3.63) is 35.4 Å². The van der Waals surface area contributed by atoms with Crippen LogP contribution in [0.15, 0.2) is 24.3 Å². The summed E-state index contributed by atoms with van der Waals surface area (Å²) in [5.41, 5.74) is 1.08. The van der Waals surface area contributed by atoms with Gasteiger partial charge in [0.05, 0.1) is 0 Å². The number of alkyl halides is 2. The average Bonchev–Trinajstić information content (AvgIpc) is 2.21. The fourth-order valence-electron chi connectivity index (χ4n) is 1.05. The largest absolute Gasteiger partial charge is 0.263 e. The molecule has 0 radical (unpaired) electrons. The second kappa shape index (κ2) is 6.52. The molecule has 1 rings (SSSR count). The van der Waals surface area contributed by atoms with Crippen molar-refractivity contribution >= 4 is 0 Å². The molecule has 80 valence electrons. The molecule has 0 saturated carbocycles. The van der Waals surface area contributed by atoms with Gasteiger partial charge in [0.25, 0.3) is 6.43 Å². The lowest BCUT2D eigenvalue weighted by Crippen LogP contribution is -1.90. The number of benzene rings is 1. The highest BCUT2D eigenvalue weighted by molar-refractivity contribution is 5.26. The van der Waals surface area contributed by atoms with Gasteiger partial charge in [-0.05, 0) is 17.5 Å². The molecule has 14 heavy (non-hydrogen) atoms. The molecule has 1 aromatic rings. The number of hydrogen-bond acceptors (Lipinski definition) is 0. The Balaban J connectivity index is 0.000000791. The quantitative estimate of drug-likeness (QED) is 0.644. The second-order valence-electron chi connectivity index (χ2n) is 3.13. The molecule has 0 nitrogen and oxygen atoms in total. The summed E-state index contributed by atoms with van der Waals surface area (Å²) in [4.78, 5) is 0. The molecule has 0 aliphatic carbocycles. The van der Waals surface area contributed by atoms with Crippen LogP contribution in [0, 0.1) is 0 Å². The zero-order valence-corrected chi connectivity index (χ0v) is 9.22. The van der Waals surface area contributed by atoms with Crippen molar-refractivity contribution in [3.8, 4) is 0 Å². The Morgan fingerprint density at radius 3 is 1.93 bits per heavy atom. The molecule has 0 amide bonds.